The van der Waals surface area contributed by atoms with Crippen LogP contribution in [0.2, 0.25) is 0 Å². The topological polar surface area (TPSA) is 33.5 Å². The summed E-state index contributed by atoms with van der Waals surface area (Å²) in [5.41, 5.74) is 0.666. The third-order valence-corrected chi connectivity index (χ3v) is 2.84. The van der Waals surface area contributed by atoms with Gasteiger partial charge < -0.3 is 9.32 Å². The Kier molecular flexibility index (Phi) is 2.57. The van der Waals surface area contributed by atoms with Gasteiger partial charge in [-0.1, -0.05) is 6.92 Å². The Hall–Kier alpha value is -1.25. The van der Waals surface area contributed by atoms with E-state index in [9.17, 15) is 4.79 Å². The summed E-state index contributed by atoms with van der Waals surface area (Å²) in [6.07, 6.45) is 5.29. The van der Waals surface area contributed by atoms with E-state index in [0.717, 1.165) is 31.8 Å². The fourth-order valence-electron chi connectivity index (χ4n) is 1.78. The van der Waals surface area contributed by atoms with Gasteiger partial charge in [-0.15, -0.1) is 0 Å². The first-order valence-electron chi connectivity index (χ1n) is 5.09. The molecule has 0 atom stereocenters. The van der Waals surface area contributed by atoms with Crippen LogP contribution in [0.1, 0.15) is 30.1 Å². The molecule has 0 aliphatic carbocycles. The highest BCUT2D eigenvalue weighted by molar-refractivity contribution is 5.93. The largest absolute Gasteiger partial charge is 0.472 e. The smallest absolute Gasteiger partial charge is 0.257 e. The predicted molar refractivity (Wildman–Crippen MR) is 53.0 cm³/mol. The number of nitrogens with zero attached hydrogens (tertiary/aromatic N) is 1. The summed E-state index contributed by atoms with van der Waals surface area (Å²) >= 11 is 0. The van der Waals surface area contributed by atoms with Crippen molar-refractivity contribution < 1.29 is 9.21 Å². The zero-order valence-corrected chi connectivity index (χ0v) is 8.40. The number of amides is 1. The van der Waals surface area contributed by atoms with Crippen LogP contribution in [0.15, 0.2) is 23.0 Å². The highest BCUT2D eigenvalue weighted by atomic mass is 16.3. The van der Waals surface area contributed by atoms with Crippen LogP contribution in [0.3, 0.4) is 0 Å². The van der Waals surface area contributed by atoms with E-state index in [4.69, 9.17) is 4.42 Å². The zero-order valence-electron chi connectivity index (χ0n) is 8.40. The van der Waals surface area contributed by atoms with Crippen LogP contribution in [-0.4, -0.2) is 23.9 Å². The van der Waals surface area contributed by atoms with Gasteiger partial charge in [0.15, 0.2) is 0 Å². The molecule has 76 valence electrons. The van der Waals surface area contributed by atoms with Crippen molar-refractivity contribution in [2.45, 2.75) is 19.8 Å². The molecule has 0 radical (unpaired) electrons. The van der Waals surface area contributed by atoms with Gasteiger partial charge in [0.2, 0.25) is 0 Å². The van der Waals surface area contributed by atoms with Crippen molar-refractivity contribution in [1.82, 2.24) is 4.90 Å². The van der Waals surface area contributed by atoms with Crippen molar-refractivity contribution in [2.24, 2.45) is 5.92 Å². The molecule has 2 heterocycles. The minimum Gasteiger partial charge on any atom is -0.472 e. The first-order chi connectivity index (χ1) is 6.77. The number of likely N-dealkylation sites (tertiary alicyclic amines) is 1. The summed E-state index contributed by atoms with van der Waals surface area (Å²) in [6.45, 7) is 4.00. The van der Waals surface area contributed by atoms with Crippen molar-refractivity contribution >= 4 is 5.91 Å². The molecule has 0 spiro atoms. The molecule has 1 amide bonds. The maximum atomic E-state index is 11.8. The van der Waals surface area contributed by atoms with Gasteiger partial charge in [-0.25, -0.2) is 0 Å². The van der Waals surface area contributed by atoms with Gasteiger partial charge in [-0.2, -0.15) is 0 Å². The number of piperidine rings is 1. The fourth-order valence-corrected chi connectivity index (χ4v) is 1.78. The standard InChI is InChI=1S/C11H15NO2/c1-9-2-5-12(6-3-9)11(13)10-4-7-14-8-10/h4,7-9H,2-3,5-6H2,1H3. The van der Waals surface area contributed by atoms with E-state index in [1.54, 1.807) is 12.3 Å². The summed E-state index contributed by atoms with van der Waals surface area (Å²) in [5.74, 6) is 0.856. The molecule has 1 aromatic rings. The molecule has 1 saturated heterocycles. The van der Waals surface area contributed by atoms with E-state index in [0.29, 0.717) is 5.56 Å². The summed E-state index contributed by atoms with van der Waals surface area (Å²) in [6, 6.07) is 1.72. The van der Waals surface area contributed by atoms with Crippen LogP contribution in [-0.2, 0) is 0 Å². The quantitative estimate of drug-likeness (QED) is 0.684. The molecule has 14 heavy (non-hydrogen) atoms. The van der Waals surface area contributed by atoms with Crippen LogP contribution >= 0.6 is 0 Å². The summed E-state index contributed by atoms with van der Waals surface area (Å²) < 4.78 is 4.90. The molecule has 0 bridgehead atoms. The molecule has 1 aliphatic rings. The molecule has 1 aliphatic heterocycles. The lowest BCUT2D eigenvalue weighted by Gasteiger charge is -2.29. The Bertz CT molecular complexity index is 297. The number of carbonyl (C=O) groups is 1. The van der Waals surface area contributed by atoms with Crippen molar-refractivity contribution in [1.29, 1.82) is 0 Å². The van der Waals surface area contributed by atoms with Crippen LogP contribution in [0.25, 0.3) is 0 Å². The van der Waals surface area contributed by atoms with Gasteiger partial charge in [0, 0.05) is 13.1 Å². The second-order valence-corrected chi connectivity index (χ2v) is 3.99. The molecular weight excluding hydrogens is 178 g/mol. The van der Waals surface area contributed by atoms with E-state index in [2.05, 4.69) is 6.92 Å². The van der Waals surface area contributed by atoms with Gasteiger partial charge in [0.05, 0.1) is 11.8 Å². The zero-order chi connectivity index (χ0) is 9.97. The number of hydrogen-bond acceptors (Lipinski definition) is 2. The van der Waals surface area contributed by atoms with Gasteiger partial charge in [0.25, 0.3) is 5.91 Å². The summed E-state index contributed by atoms with van der Waals surface area (Å²) in [7, 11) is 0. The van der Waals surface area contributed by atoms with E-state index in [-0.39, 0.29) is 5.91 Å². The van der Waals surface area contributed by atoms with Gasteiger partial charge >= 0.3 is 0 Å². The average Bonchev–Trinajstić information content (AvgIpc) is 2.71. The lowest BCUT2D eigenvalue weighted by atomic mass is 9.99. The maximum Gasteiger partial charge on any atom is 0.257 e. The Morgan fingerprint density at radius 3 is 2.79 bits per heavy atom. The normalized spacial score (nSPS) is 18.5. The number of hydrogen-bond donors (Lipinski definition) is 0. The molecule has 1 aromatic heterocycles. The van der Waals surface area contributed by atoms with Gasteiger partial charge in [-0.05, 0) is 24.8 Å². The summed E-state index contributed by atoms with van der Waals surface area (Å²) in [4.78, 5) is 13.7. The van der Waals surface area contributed by atoms with Crippen LogP contribution in [0, 0.1) is 5.92 Å². The fraction of sp³-hybridized carbons (Fsp3) is 0.545. The molecular formula is C11H15NO2. The number of rotatable bonds is 1. The van der Waals surface area contributed by atoms with Crippen molar-refractivity contribution in [2.75, 3.05) is 13.1 Å². The lowest BCUT2D eigenvalue weighted by Crippen LogP contribution is -2.37. The molecule has 0 aromatic carbocycles. The van der Waals surface area contributed by atoms with E-state index < -0.39 is 0 Å². The predicted octanol–water partition coefficient (Wildman–Crippen LogP) is 2.15. The monoisotopic (exact) mass is 193 g/mol. The number of carbonyl (C=O) groups excluding carboxylic acids is 1. The molecule has 3 nitrogen and oxygen atoms in total. The van der Waals surface area contributed by atoms with Crippen LogP contribution in [0.4, 0.5) is 0 Å². The molecule has 3 heteroatoms. The molecule has 0 saturated carbocycles. The Labute approximate surface area is 83.7 Å². The highest BCUT2D eigenvalue weighted by Crippen LogP contribution is 2.18. The lowest BCUT2D eigenvalue weighted by molar-refractivity contribution is 0.0696. The van der Waals surface area contributed by atoms with Crippen molar-refractivity contribution in [3.05, 3.63) is 24.2 Å². The second kappa shape index (κ2) is 3.86. The molecule has 2 rings (SSSR count). The van der Waals surface area contributed by atoms with E-state index in [1.807, 2.05) is 4.90 Å². The molecule has 0 N–H and O–H groups in total. The Balaban J connectivity index is 1.99. The van der Waals surface area contributed by atoms with Crippen LogP contribution in [0.5, 0.6) is 0 Å². The van der Waals surface area contributed by atoms with Crippen LogP contribution < -0.4 is 0 Å². The third-order valence-electron chi connectivity index (χ3n) is 2.84. The second-order valence-electron chi connectivity index (χ2n) is 3.99. The Morgan fingerprint density at radius 2 is 2.21 bits per heavy atom. The third kappa shape index (κ3) is 1.81. The minimum atomic E-state index is 0.102. The molecule has 0 unspecified atom stereocenters. The average molecular weight is 193 g/mol. The first kappa shape index (κ1) is 9.31. The summed E-state index contributed by atoms with van der Waals surface area (Å²) in [5, 5.41) is 0. The number of furan rings is 1. The first-order valence-corrected chi connectivity index (χ1v) is 5.09. The Morgan fingerprint density at radius 1 is 1.50 bits per heavy atom. The van der Waals surface area contributed by atoms with E-state index in [1.165, 1.54) is 6.26 Å². The van der Waals surface area contributed by atoms with Gasteiger partial charge in [-0.3, -0.25) is 4.79 Å². The van der Waals surface area contributed by atoms with E-state index >= 15 is 0 Å². The van der Waals surface area contributed by atoms with Crippen molar-refractivity contribution in [3.8, 4) is 0 Å². The van der Waals surface area contributed by atoms with Crippen molar-refractivity contribution in [3.63, 3.8) is 0 Å². The minimum absolute atomic E-state index is 0.102. The SMILES string of the molecule is CC1CCN(C(=O)c2ccoc2)CC1. The highest BCUT2D eigenvalue weighted by Gasteiger charge is 2.21. The molecule has 1 fully saturated rings. The van der Waals surface area contributed by atoms with Gasteiger partial charge in [0.1, 0.15) is 6.26 Å². The maximum absolute atomic E-state index is 11.8.